The number of H-pyrrole nitrogens is 2. The highest BCUT2D eigenvalue weighted by Gasteiger charge is 2.22. The number of imidazole rings is 1. The van der Waals surface area contributed by atoms with E-state index in [1.54, 1.807) is 24.5 Å². The summed E-state index contributed by atoms with van der Waals surface area (Å²) in [6, 6.07) is 14.6. The number of nitrogens with zero attached hydrogens (tertiary/aromatic N) is 5. The Kier molecular flexibility index (Phi) is 6.51. The summed E-state index contributed by atoms with van der Waals surface area (Å²) in [7, 11) is 0. The Morgan fingerprint density at radius 1 is 0.953 bits per heavy atom. The van der Waals surface area contributed by atoms with E-state index in [1.807, 2.05) is 36.4 Å². The lowest BCUT2D eigenvalue weighted by Crippen LogP contribution is -2.14. The number of anilines is 1. The summed E-state index contributed by atoms with van der Waals surface area (Å²) < 4.78 is 16.2. The van der Waals surface area contributed by atoms with Crippen LogP contribution in [0.15, 0.2) is 79.5 Å². The van der Waals surface area contributed by atoms with E-state index in [1.165, 1.54) is 36.9 Å². The van der Waals surface area contributed by atoms with Crippen LogP contribution in [0.2, 0.25) is 0 Å². The van der Waals surface area contributed by atoms with Crippen LogP contribution in [0.3, 0.4) is 0 Å². The molecule has 6 heterocycles. The van der Waals surface area contributed by atoms with Gasteiger partial charge in [0.25, 0.3) is 0 Å². The number of thiophene rings is 1. The summed E-state index contributed by atoms with van der Waals surface area (Å²) in [6.45, 7) is 1.52. The number of nitrogens with one attached hydrogen (secondary N) is 3. The molecule has 1 amide bonds. The van der Waals surface area contributed by atoms with Gasteiger partial charge in [0.1, 0.15) is 16.9 Å². The molecule has 0 atom stereocenters. The van der Waals surface area contributed by atoms with Gasteiger partial charge in [-0.3, -0.25) is 29.6 Å². The fourth-order valence-corrected chi connectivity index (χ4v) is 5.78. The van der Waals surface area contributed by atoms with Crippen molar-refractivity contribution >= 4 is 50.7 Å². The number of ketones is 1. The van der Waals surface area contributed by atoms with Gasteiger partial charge < -0.3 is 10.3 Å². The Morgan fingerprint density at radius 2 is 1.79 bits per heavy atom. The summed E-state index contributed by atoms with van der Waals surface area (Å²) in [5.41, 5.74) is 4.40. The van der Waals surface area contributed by atoms with Crippen LogP contribution in [-0.4, -0.2) is 46.8 Å². The molecule has 43 heavy (non-hydrogen) atoms. The standard InChI is InChI=1S/C31H21FN8O2S/c1-16(41)23-7-8-24(43-23)20-13-34-14-22-29(20)38-31(37-22)30-26-21(39-40-30)15-35-28(27(26)32)18-10-19(12-33-11-18)36-25(42)9-17-5-3-2-4-6-17/h2-8,10-15H,9H2,1H3,(H,36,42)(H,37,38)(H,39,40). The number of benzene rings is 1. The molecule has 0 saturated heterocycles. The average Bonchev–Trinajstić information content (AvgIpc) is 3.76. The molecule has 10 nitrogen and oxygen atoms in total. The number of aromatic nitrogens is 7. The van der Waals surface area contributed by atoms with Gasteiger partial charge >= 0.3 is 0 Å². The molecule has 7 aromatic rings. The molecule has 0 bridgehead atoms. The van der Waals surface area contributed by atoms with E-state index in [4.69, 9.17) is 4.98 Å². The number of Topliss-reactive ketones (excluding diaryl/α,β-unsaturated/α-hetero) is 1. The fraction of sp³-hybridized carbons (Fsp3) is 0.0645. The minimum absolute atomic E-state index is 0.0164. The van der Waals surface area contributed by atoms with E-state index in [2.05, 4.69) is 35.5 Å². The number of aromatic amines is 2. The normalized spacial score (nSPS) is 11.3. The Balaban J connectivity index is 1.24. The molecule has 0 radical (unpaired) electrons. The zero-order valence-electron chi connectivity index (χ0n) is 22.6. The summed E-state index contributed by atoms with van der Waals surface area (Å²) in [5, 5.41) is 10.2. The molecule has 0 aliphatic heterocycles. The number of amides is 1. The number of hydrogen-bond acceptors (Lipinski definition) is 8. The van der Waals surface area contributed by atoms with Crippen LogP contribution in [0.1, 0.15) is 22.2 Å². The first-order chi connectivity index (χ1) is 20.9. The van der Waals surface area contributed by atoms with Crippen molar-refractivity contribution in [1.82, 2.24) is 35.1 Å². The Morgan fingerprint density at radius 3 is 2.60 bits per heavy atom. The SMILES string of the molecule is CC(=O)c1ccc(-c2cncc3[nH]c(-c4n[nH]c5cnc(-c6cncc(NC(=O)Cc7ccccc7)c6)c(F)c45)nc23)s1. The Labute approximate surface area is 247 Å². The molecule has 0 spiro atoms. The van der Waals surface area contributed by atoms with E-state index >= 15 is 4.39 Å². The van der Waals surface area contributed by atoms with Crippen molar-refractivity contribution in [1.29, 1.82) is 0 Å². The molecule has 0 saturated carbocycles. The highest BCUT2D eigenvalue weighted by atomic mass is 32.1. The number of rotatable bonds is 7. The van der Waals surface area contributed by atoms with Gasteiger partial charge in [-0.25, -0.2) is 9.37 Å². The van der Waals surface area contributed by atoms with Gasteiger partial charge in [-0.1, -0.05) is 30.3 Å². The number of pyridine rings is 3. The van der Waals surface area contributed by atoms with Crippen molar-refractivity contribution < 1.29 is 14.0 Å². The second-order valence-corrected chi connectivity index (χ2v) is 10.9. The zero-order chi connectivity index (χ0) is 29.5. The van der Waals surface area contributed by atoms with Crippen molar-refractivity contribution in [2.24, 2.45) is 0 Å². The number of hydrogen-bond donors (Lipinski definition) is 3. The van der Waals surface area contributed by atoms with Crippen LogP contribution in [0, 0.1) is 5.82 Å². The zero-order valence-corrected chi connectivity index (χ0v) is 23.4. The Bertz CT molecular complexity index is 2170. The number of halogens is 1. The molecule has 3 N–H and O–H groups in total. The summed E-state index contributed by atoms with van der Waals surface area (Å²) in [4.78, 5) is 46.7. The number of carbonyl (C=O) groups is 2. The van der Waals surface area contributed by atoms with Gasteiger partial charge in [0, 0.05) is 28.4 Å². The average molecular weight is 589 g/mol. The quantitative estimate of drug-likeness (QED) is 0.188. The van der Waals surface area contributed by atoms with Gasteiger partial charge in [-0.05, 0) is 30.7 Å². The van der Waals surface area contributed by atoms with Crippen LogP contribution in [0.25, 0.3) is 55.2 Å². The van der Waals surface area contributed by atoms with Crippen molar-refractivity contribution in [3.8, 4) is 33.2 Å². The summed E-state index contributed by atoms with van der Waals surface area (Å²) in [5.74, 6) is -0.504. The van der Waals surface area contributed by atoms with Crippen molar-refractivity contribution in [2.45, 2.75) is 13.3 Å². The molecule has 0 unspecified atom stereocenters. The lowest BCUT2D eigenvalue weighted by Gasteiger charge is -2.08. The molecule has 0 aliphatic carbocycles. The largest absolute Gasteiger partial charge is 0.335 e. The lowest BCUT2D eigenvalue weighted by molar-refractivity contribution is -0.115. The van der Waals surface area contributed by atoms with E-state index < -0.39 is 5.82 Å². The number of fused-ring (bicyclic) bond motifs is 2. The van der Waals surface area contributed by atoms with Gasteiger partial charge in [0.15, 0.2) is 17.4 Å². The predicted octanol–water partition coefficient (Wildman–Crippen LogP) is 6.21. The molecule has 0 fully saturated rings. The lowest BCUT2D eigenvalue weighted by atomic mass is 10.1. The fourth-order valence-electron chi connectivity index (χ4n) is 4.87. The first-order valence-corrected chi connectivity index (χ1v) is 14.0. The third kappa shape index (κ3) is 4.93. The third-order valence-corrected chi connectivity index (χ3v) is 8.10. The van der Waals surface area contributed by atoms with Crippen LogP contribution in [0.4, 0.5) is 10.1 Å². The van der Waals surface area contributed by atoms with E-state index in [0.717, 1.165) is 16.0 Å². The predicted molar refractivity (Wildman–Crippen MR) is 162 cm³/mol. The van der Waals surface area contributed by atoms with Crippen LogP contribution in [0.5, 0.6) is 0 Å². The van der Waals surface area contributed by atoms with E-state index in [-0.39, 0.29) is 34.9 Å². The smallest absolute Gasteiger partial charge is 0.228 e. The van der Waals surface area contributed by atoms with Crippen molar-refractivity contribution in [3.05, 3.63) is 95.8 Å². The summed E-state index contributed by atoms with van der Waals surface area (Å²) >= 11 is 1.36. The first-order valence-electron chi connectivity index (χ1n) is 13.2. The van der Waals surface area contributed by atoms with Crippen molar-refractivity contribution in [2.75, 3.05) is 5.32 Å². The number of carbonyl (C=O) groups excluding carboxylic acids is 2. The maximum atomic E-state index is 16.2. The van der Waals surface area contributed by atoms with Crippen molar-refractivity contribution in [3.63, 3.8) is 0 Å². The van der Waals surface area contributed by atoms with Gasteiger partial charge in [0.05, 0.1) is 52.0 Å². The monoisotopic (exact) mass is 588 g/mol. The van der Waals surface area contributed by atoms with E-state index in [0.29, 0.717) is 38.5 Å². The molecule has 7 rings (SSSR count). The summed E-state index contributed by atoms with van der Waals surface area (Å²) in [6.07, 6.45) is 8.00. The van der Waals surface area contributed by atoms with Gasteiger partial charge in [-0.2, -0.15) is 5.10 Å². The highest BCUT2D eigenvalue weighted by molar-refractivity contribution is 7.17. The van der Waals surface area contributed by atoms with Crippen LogP contribution < -0.4 is 5.32 Å². The molecule has 6 aromatic heterocycles. The molecular formula is C31H21FN8O2S. The Hall–Kier alpha value is -5.62. The minimum Gasteiger partial charge on any atom is -0.335 e. The van der Waals surface area contributed by atoms with Gasteiger partial charge in [-0.15, -0.1) is 11.3 Å². The van der Waals surface area contributed by atoms with Crippen LogP contribution >= 0.6 is 11.3 Å². The molecular weight excluding hydrogens is 567 g/mol. The molecule has 0 aliphatic rings. The molecule has 210 valence electrons. The highest BCUT2D eigenvalue weighted by Crippen LogP contribution is 2.36. The maximum Gasteiger partial charge on any atom is 0.228 e. The second kappa shape index (κ2) is 10.7. The van der Waals surface area contributed by atoms with Crippen LogP contribution in [-0.2, 0) is 11.2 Å². The molecule has 1 aromatic carbocycles. The minimum atomic E-state index is -0.612. The first kappa shape index (κ1) is 26.3. The van der Waals surface area contributed by atoms with Gasteiger partial charge in [0.2, 0.25) is 5.91 Å². The second-order valence-electron chi connectivity index (χ2n) is 9.84. The van der Waals surface area contributed by atoms with E-state index in [9.17, 15) is 9.59 Å². The third-order valence-electron chi connectivity index (χ3n) is 6.88. The maximum absolute atomic E-state index is 16.2. The molecule has 12 heteroatoms. The topological polar surface area (TPSA) is 142 Å².